The van der Waals surface area contributed by atoms with E-state index in [2.05, 4.69) is 10.2 Å². The molecule has 1 aromatic carbocycles. The Balaban J connectivity index is 2.28. The van der Waals surface area contributed by atoms with Gasteiger partial charge < -0.3 is 0 Å². The fourth-order valence-electron chi connectivity index (χ4n) is 1.99. The van der Waals surface area contributed by atoms with Crippen LogP contribution in [0.15, 0.2) is 36.5 Å². The van der Waals surface area contributed by atoms with E-state index in [9.17, 15) is 9.18 Å². The van der Waals surface area contributed by atoms with E-state index >= 15 is 0 Å². The Hall–Kier alpha value is -2.56. The van der Waals surface area contributed by atoms with Gasteiger partial charge in [0.1, 0.15) is 5.82 Å². The van der Waals surface area contributed by atoms with Gasteiger partial charge in [0, 0.05) is 17.3 Å². The van der Waals surface area contributed by atoms with Crippen LogP contribution >= 0.6 is 0 Å². The summed E-state index contributed by atoms with van der Waals surface area (Å²) in [6.07, 6.45) is 2.45. The summed E-state index contributed by atoms with van der Waals surface area (Å²) in [5.41, 5.74) is 2.64. The van der Waals surface area contributed by atoms with E-state index in [0.717, 1.165) is 11.8 Å². The molecule has 2 heterocycles. The van der Waals surface area contributed by atoms with Gasteiger partial charge in [-0.05, 0) is 30.7 Å². The van der Waals surface area contributed by atoms with Crippen LogP contribution in [0, 0.1) is 12.7 Å². The van der Waals surface area contributed by atoms with E-state index in [0.29, 0.717) is 22.6 Å². The summed E-state index contributed by atoms with van der Waals surface area (Å²) in [4.78, 5) is 11.0. The number of pyridine rings is 1. The van der Waals surface area contributed by atoms with Crippen LogP contribution in [0.4, 0.5) is 4.39 Å². The van der Waals surface area contributed by atoms with Crippen molar-refractivity contribution in [2.45, 2.75) is 6.92 Å². The first-order chi connectivity index (χ1) is 9.19. The number of carbonyl (C=O) groups is 1. The first kappa shape index (κ1) is 11.5. The summed E-state index contributed by atoms with van der Waals surface area (Å²) in [7, 11) is 0. The average molecular weight is 255 g/mol. The molecule has 3 aromatic rings. The Morgan fingerprint density at radius 3 is 2.84 bits per heavy atom. The molecule has 0 saturated carbocycles. The van der Waals surface area contributed by atoms with Gasteiger partial charge in [-0.2, -0.15) is 0 Å². The Morgan fingerprint density at radius 2 is 2.11 bits per heavy atom. The van der Waals surface area contributed by atoms with E-state index in [-0.39, 0.29) is 5.82 Å². The number of aldehydes is 1. The summed E-state index contributed by atoms with van der Waals surface area (Å²) < 4.78 is 14.9. The maximum absolute atomic E-state index is 13.3. The van der Waals surface area contributed by atoms with E-state index < -0.39 is 0 Å². The monoisotopic (exact) mass is 255 g/mol. The molecule has 0 N–H and O–H groups in total. The van der Waals surface area contributed by atoms with Crippen molar-refractivity contribution in [2.24, 2.45) is 0 Å². The van der Waals surface area contributed by atoms with Crippen molar-refractivity contribution in [3.8, 4) is 11.4 Å². The number of nitrogens with zero attached hydrogens (tertiary/aromatic N) is 3. The third-order valence-corrected chi connectivity index (χ3v) is 3.00. The van der Waals surface area contributed by atoms with E-state index in [4.69, 9.17) is 0 Å². The van der Waals surface area contributed by atoms with Gasteiger partial charge in [-0.3, -0.25) is 9.20 Å². The van der Waals surface area contributed by atoms with Crippen LogP contribution in [0.3, 0.4) is 0 Å². The average Bonchev–Trinajstić information content (AvgIpc) is 2.80. The lowest BCUT2D eigenvalue weighted by Crippen LogP contribution is -1.95. The molecule has 4 nitrogen and oxygen atoms in total. The molecule has 5 heteroatoms. The van der Waals surface area contributed by atoms with Crippen LogP contribution < -0.4 is 0 Å². The highest BCUT2D eigenvalue weighted by Gasteiger charge is 2.10. The van der Waals surface area contributed by atoms with Crippen LogP contribution in [0.1, 0.15) is 15.9 Å². The predicted octanol–water partition coefficient (Wildman–Crippen LogP) is 2.66. The Kier molecular flexibility index (Phi) is 2.59. The lowest BCUT2D eigenvalue weighted by atomic mass is 10.1. The standard InChI is InChI=1S/C14H10FN3O/c1-9-5-13-16-17-14(18(13)7-11(9)8-19)10-3-2-4-12(15)6-10/h2-8H,1H3. The molecule has 0 atom stereocenters. The number of aromatic nitrogens is 3. The molecular weight excluding hydrogens is 245 g/mol. The molecule has 94 valence electrons. The molecule has 3 rings (SSSR count). The zero-order valence-corrected chi connectivity index (χ0v) is 10.2. The largest absolute Gasteiger partial charge is 0.298 e. The summed E-state index contributed by atoms with van der Waals surface area (Å²) >= 11 is 0. The molecule has 0 unspecified atom stereocenters. The van der Waals surface area contributed by atoms with E-state index in [1.54, 1.807) is 28.8 Å². The third kappa shape index (κ3) is 1.89. The fourth-order valence-corrected chi connectivity index (χ4v) is 1.99. The lowest BCUT2D eigenvalue weighted by Gasteiger charge is -2.03. The fraction of sp³-hybridized carbons (Fsp3) is 0.0714. The molecule has 0 aliphatic heterocycles. The minimum atomic E-state index is -0.336. The van der Waals surface area contributed by atoms with Crippen LogP contribution in [-0.2, 0) is 0 Å². The van der Waals surface area contributed by atoms with Gasteiger partial charge in [-0.15, -0.1) is 10.2 Å². The quantitative estimate of drug-likeness (QED) is 0.661. The molecule has 0 radical (unpaired) electrons. The molecule has 0 saturated heterocycles. The summed E-state index contributed by atoms with van der Waals surface area (Å²) in [5.74, 6) is 0.176. The Morgan fingerprint density at radius 1 is 1.26 bits per heavy atom. The second-order valence-electron chi connectivity index (χ2n) is 4.29. The van der Waals surface area contributed by atoms with Gasteiger partial charge in [-0.1, -0.05) is 12.1 Å². The first-order valence-electron chi connectivity index (χ1n) is 5.75. The van der Waals surface area contributed by atoms with E-state index in [1.165, 1.54) is 12.1 Å². The zero-order valence-electron chi connectivity index (χ0n) is 10.2. The summed E-state index contributed by atoms with van der Waals surface area (Å²) in [6, 6.07) is 7.89. The summed E-state index contributed by atoms with van der Waals surface area (Å²) in [6.45, 7) is 1.83. The number of aryl methyl sites for hydroxylation is 1. The molecule has 0 aliphatic rings. The van der Waals surface area contributed by atoms with Crippen molar-refractivity contribution < 1.29 is 9.18 Å². The van der Waals surface area contributed by atoms with Gasteiger partial charge in [0.05, 0.1) is 0 Å². The highest BCUT2D eigenvalue weighted by atomic mass is 19.1. The molecule has 0 fully saturated rings. The number of carbonyl (C=O) groups excluding carboxylic acids is 1. The minimum Gasteiger partial charge on any atom is -0.298 e. The van der Waals surface area contributed by atoms with Gasteiger partial charge in [-0.25, -0.2) is 4.39 Å². The molecule has 0 aliphatic carbocycles. The van der Waals surface area contributed by atoms with Crippen LogP contribution in [-0.4, -0.2) is 20.9 Å². The van der Waals surface area contributed by atoms with Crippen molar-refractivity contribution in [1.29, 1.82) is 0 Å². The smallest absolute Gasteiger partial charge is 0.168 e. The SMILES string of the molecule is Cc1cc2nnc(-c3cccc(F)c3)n2cc1C=O. The van der Waals surface area contributed by atoms with E-state index in [1.807, 2.05) is 6.92 Å². The van der Waals surface area contributed by atoms with Crippen LogP contribution in [0.25, 0.3) is 17.0 Å². The van der Waals surface area contributed by atoms with Gasteiger partial charge >= 0.3 is 0 Å². The van der Waals surface area contributed by atoms with Crippen molar-refractivity contribution >= 4 is 11.9 Å². The van der Waals surface area contributed by atoms with Gasteiger partial charge in [0.2, 0.25) is 0 Å². The minimum absolute atomic E-state index is 0.336. The van der Waals surface area contributed by atoms with Crippen molar-refractivity contribution in [3.63, 3.8) is 0 Å². The number of fused-ring (bicyclic) bond motifs is 1. The molecule has 0 spiro atoms. The van der Waals surface area contributed by atoms with Crippen LogP contribution in [0.5, 0.6) is 0 Å². The van der Waals surface area contributed by atoms with Gasteiger partial charge in [0.25, 0.3) is 0 Å². The maximum atomic E-state index is 13.3. The van der Waals surface area contributed by atoms with Crippen molar-refractivity contribution in [2.75, 3.05) is 0 Å². The number of hydrogen-bond donors (Lipinski definition) is 0. The molecular formula is C14H10FN3O. The number of benzene rings is 1. The normalized spacial score (nSPS) is 10.8. The topological polar surface area (TPSA) is 47.3 Å². The second kappa shape index (κ2) is 4.28. The highest BCUT2D eigenvalue weighted by molar-refractivity contribution is 5.78. The molecule has 0 bridgehead atoms. The maximum Gasteiger partial charge on any atom is 0.168 e. The third-order valence-electron chi connectivity index (χ3n) is 3.00. The van der Waals surface area contributed by atoms with Crippen molar-refractivity contribution in [3.05, 3.63) is 53.5 Å². The molecule has 2 aromatic heterocycles. The number of halogens is 1. The second-order valence-corrected chi connectivity index (χ2v) is 4.29. The predicted molar refractivity (Wildman–Crippen MR) is 68.5 cm³/mol. The van der Waals surface area contributed by atoms with Crippen LogP contribution in [0.2, 0.25) is 0 Å². The number of rotatable bonds is 2. The lowest BCUT2D eigenvalue weighted by molar-refractivity contribution is 0.112. The van der Waals surface area contributed by atoms with Gasteiger partial charge in [0.15, 0.2) is 17.8 Å². The molecule has 19 heavy (non-hydrogen) atoms. The summed E-state index contributed by atoms with van der Waals surface area (Å²) in [5, 5.41) is 8.09. The van der Waals surface area contributed by atoms with Crippen molar-refractivity contribution in [1.82, 2.24) is 14.6 Å². The Labute approximate surface area is 108 Å². The Bertz CT molecular complexity index is 779. The zero-order chi connectivity index (χ0) is 13.4. The highest BCUT2D eigenvalue weighted by Crippen LogP contribution is 2.20. The molecule has 0 amide bonds. The number of hydrogen-bond acceptors (Lipinski definition) is 3. The first-order valence-corrected chi connectivity index (χ1v) is 5.75.